The van der Waals surface area contributed by atoms with Crippen LogP contribution in [0.3, 0.4) is 0 Å². The summed E-state index contributed by atoms with van der Waals surface area (Å²) >= 11 is 0. The molecule has 0 unspecified atom stereocenters. The molecule has 0 aliphatic carbocycles. The first-order valence-electron chi connectivity index (χ1n) is 7.93. The Kier molecular flexibility index (Phi) is 6.23. The second kappa shape index (κ2) is 8.20. The largest absolute Gasteiger partial charge is 0.497 e. The molecular weight excluding hydrogens is 354 g/mol. The number of anilines is 1. The molecule has 2 aromatic rings. The van der Waals surface area contributed by atoms with E-state index in [-0.39, 0.29) is 5.91 Å². The standard InChI is InChI=1S/C18H23N3O4S/c1-20(2)26(23,24)21(3)16-9-7-15(8-10-16)18(22)19-13-14-5-11-17(25-4)12-6-14/h5-12H,13H2,1-4H3,(H,19,22). The van der Waals surface area contributed by atoms with Crippen molar-refractivity contribution < 1.29 is 17.9 Å². The number of amides is 1. The van der Waals surface area contributed by atoms with E-state index >= 15 is 0 Å². The van der Waals surface area contributed by atoms with E-state index in [2.05, 4.69) is 5.32 Å². The molecular formula is C18H23N3O4S. The second-order valence-corrected chi connectivity index (χ2v) is 8.01. The number of rotatable bonds is 7. The summed E-state index contributed by atoms with van der Waals surface area (Å²) in [6.45, 7) is 0.388. The molecule has 1 N–H and O–H groups in total. The Bertz CT molecular complexity index is 847. The number of hydrogen-bond acceptors (Lipinski definition) is 4. The van der Waals surface area contributed by atoms with Gasteiger partial charge in [0.1, 0.15) is 5.75 Å². The Labute approximate surface area is 154 Å². The molecule has 2 aromatic carbocycles. The van der Waals surface area contributed by atoms with Crippen molar-refractivity contribution >= 4 is 21.8 Å². The normalized spacial score (nSPS) is 11.3. The SMILES string of the molecule is COc1ccc(CNC(=O)c2ccc(N(C)S(=O)(=O)N(C)C)cc2)cc1. The fourth-order valence-electron chi connectivity index (χ4n) is 2.23. The third-order valence-corrected chi connectivity index (χ3v) is 5.74. The van der Waals surface area contributed by atoms with Crippen molar-refractivity contribution in [1.29, 1.82) is 0 Å². The van der Waals surface area contributed by atoms with Crippen LogP contribution in [0.15, 0.2) is 48.5 Å². The average molecular weight is 377 g/mol. The van der Waals surface area contributed by atoms with Crippen LogP contribution in [0.4, 0.5) is 5.69 Å². The van der Waals surface area contributed by atoms with Crippen LogP contribution in [0.1, 0.15) is 15.9 Å². The van der Waals surface area contributed by atoms with Crippen molar-refractivity contribution in [2.75, 3.05) is 32.6 Å². The molecule has 0 heterocycles. The first kappa shape index (κ1) is 19.7. The number of benzene rings is 2. The van der Waals surface area contributed by atoms with E-state index in [9.17, 15) is 13.2 Å². The molecule has 2 rings (SSSR count). The molecule has 140 valence electrons. The molecule has 7 nitrogen and oxygen atoms in total. The lowest BCUT2D eigenvalue weighted by Crippen LogP contribution is -2.37. The summed E-state index contributed by atoms with van der Waals surface area (Å²) in [5.74, 6) is 0.526. The zero-order valence-electron chi connectivity index (χ0n) is 15.3. The highest BCUT2D eigenvalue weighted by molar-refractivity contribution is 7.90. The van der Waals surface area contributed by atoms with E-state index in [0.29, 0.717) is 17.8 Å². The fourth-order valence-corrected chi connectivity index (χ4v) is 3.11. The van der Waals surface area contributed by atoms with Crippen LogP contribution in [0.5, 0.6) is 5.75 Å². The number of methoxy groups -OCH3 is 1. The molecule has 1 amide bonds. The lowest BCUT2D eigenvalue weighted by Gasteiger charge is -2.23. The van der Waals surface area contributed by atoms with Gasteiger partial charge < -0.3 is 10.1 Å². The maximum Gasteiger partial charge on any atom is 0.303 e. The molecule has 0 spiro atoms. The van der Waals surface area contributed by atoms with Gasteiger partial charge in [-0.2, -0.15) is 12.7 Å². The van der Waals surface area contributed by atoms with Crippen molar-refractivity contribution in [1.82, 2.24) is 9.62 Å². The maximum absolute atomic E-state index is 12.3. The van der Waals surface area contributed by atoms with E-state index in [1.807, 2.05) is 24.3 Å². The Morgan fingerprint density at radius 1 is 1.00 bits per heavy atom. The lowest BCUT2D eigenvalue weighted by atomic mass is 10.1. The number of nitrogens with one attached hydrogen (secondary N) is 1. The quantitative estimate of drug-likeness (QED) is 0.799. The molecule has 0 aliphatic rings. The fraction of sp³-hybridized carbons (Fsp3) is 0.278. The van der Waals surface area contributed by atoms with Gasteiger partial charge in [-0.05, 0) is 42.0 Å². The summed E-state index contributed by atoms with van der Waals surface area (Å²) in [5, 5.41) is 2.83. The van der Waals surface area contributed by atoms with Gasteiger partial charge in [-0.25, -0.2) is 0 Å². The zero-order chi connectivity index (χ0) is 19.3. The predicted octanol–water partition coefficient (Wildman–Crippen LogP) is 1.87. The number of hydrogen-bond donors (Lipinski definition) is 1. The predicted molar refractivity (Wildman–Crippen MR) is 102 cm³/mol. The molecule has 0 atom stereocenters. The van der Waals surface area contributed by atoms with Gasteiger partial charge >= 0.3 is 10.2 Å². The zero-order valence-corrected chi connectivity index (χ0v) is 16.1. The van der Waals surface area contributed by atoms with Gasteiger partial charge in [0.15, 0.2) is 0 Å². The van der Waals surface area contributed by atoms with Crippen LogP contribution in [0, 0.1) is 0 Å². The van der Waals surface area contributed by atoms with Crippen molar-refractivity contribution in [3.05, 3.63) is 59.7 Å². The molecule has 0 bridgehead atoms. The van der Waals surface area contributed by atoms with Gasteiger partial charge in [0.05, 0.1) is 12.8 Å². The summed E-state index contributed by atoms with van der Waals surface area (Å²) in [4.78, 5) is 12.3. The first-order chi connectivity index (χ1) is 12.3. The van der Waals surface area contributed by atoms with Gasteiger partial charge in [0.25, 0.3) is 5.91 Å². The average Bonchev–Trinajstić information content (AvgIpc) is 2.65. The van der Waals surface area contributed by atoms with Crippen LogP contribution < -0.4 is 14.4 Å². The Balaban J connectivity index is 2.02. The molecule has 0 fully saturated rings. The minimum atomic E-state index is -3.56. The van der Waals surface area contributed by atoms with E-state index in [1.165, 1.54) is 21.1 Å². The van der Waals surface area contributed by atoms with Crippen molar-refractivity contribution in [2.24, 2.45) is 0 Å². The van der Waals surface area contributed by atoms with Gasteiger partial charge in [0, 0.05) is 33.3 Å². The maximum atomic E-state index is 12.3. The molecule has 8 heteroatoms. The third kappa shape index (κ3) is 4.53. The van der Waals surface area contributed by atoms with Crippen LogP contribution in [-0.2, 0) is 16.8 Å². The summed E-state index contributed by atoms with van der Waals surface area (Å²) in [7, 11) is 2.44. The monoisotopic (exact) mass is 377 g/mol. The smallest absolute Gasteiger partial charge is 0.303 e. The number of carbonyl (C=O) groups is 1. The molecule has 26 heavy (non-hydrogen) atoms. The van der Waals surface area contributed by atoms with Crippen molar-refractivity contribution in [3.63, 3.8) is 0 Å². The molecule has 0 radical (unpaired) electrons. The number of carbonyl (C=O) groups excluding carboxylic acids is 1. The Hall–Kier alpha value is -2.58. The first-order valence-corrected chi connectivity index (χ1v) is 9.33. The molecule has 0 aromatic heterocycles. The summed E-state index contributed by atoms with van der Waals surface area (Å²) in [6.07, 6.45) is 0. The van der Waals surface area contributed by atoms with E-state index in [0.717, 1.165) is 19.9 Å². The summed E-state index contributed by atoms with van der Waals surface area (Å²) < 4.78 is 31.6. The number of nitrogens with zero attached hydrogens (tertiary/aromatic N) is 2. The van der Waals surface area contributed by atoms with E-state index in [1.54, 1.807) is 31.4 Å². The Morgan fingerprint density at radius 3 is 2.08 bits per heavy atom. The second-order valence-electron chi connectivity index (χ2n) is 5.84. The van der Waals surface area contributed by atoms with Gasteiger partial charge in [-0.1, -0.05) is 12.1 Å². The van der Waals surface area contributed by atoms with E-state index < -0.39 is 10.2 Å². The highest BCUT2D eigenvalue weighted by Crippen LogP contribution is 2.18. The molecule has 0 saturated carbocycles. The third-order valence-electron chi connectivity index (χ3n) is 3.91. The van der Waals surface area contributed by atoms with E-state index in [4.69, 9.17) is 4.74 Å². The van der Waals surface area contributed by atoms with Crippen molar-refractivity contribution in [3.8, 4) is 5.75 Å². The number of ether oxygens (including phenoxy) is 1. The molecule has 0 saturated heterocycles. The van der Waals surface area contributed by atoms with Crippen LogP contribution in [0.2, 0.25) is 0 Å². The minimum absolute atomic E-state index is 0.231. The summed E-state index contributed by atoms with van der Waals surface area (Å²) in [6, 6.07) is 13.8. The minimum Gasteiger partial charge on any atom is -0.497 e. The molecule has 0 aliphatic heterocycles. The summed E-state index contributed by atoms with van der Waals surface area (Å²) in [5.41, 5.74) is 1.89. The van der Waals surface area contributed by atoms with Crippen LogP contribution in [-0.4, -0.2) is 46.9 Å². The topological polar surface area (TPSA) is 79.0 Å². The van der Waals surface area contributed by atoms with Crippen LogP contribution >= 0.6 is 0 Å². The highest BCUT2D eigenvalue weighted by atomic mass is 32.2. The van der Waals surface area contributed by atoms with Crippen LogP contribution in [0.25, 0.3) is 0 Å². The lowest BCUT2D eigenvalue weighted by molar-refractivity contribution is 0.0951. The van der Waals surface area contributed by atoms with Gasteiger partial charge in [-0.15, -0.1) is 0 Å². The van der Waals surface area contributed by atoms with Crippen molar-refractivity contribution in [2.45, 2.75) is 6.54 Å². The highest BCUT2D eigenvalue weighted by Gasteiger charge is 2.21. The van der Waals surface area contributed by atoms with Gasteiger partial charge in [0.2, 0.25) is 0 Å². The van der Waals surface area contributed by atoms with Gasteiger partial charge in [-0.3, -0.25) is 9.10 Å². The Morgan fingerprint density at radius 2 is 1.58 bits per heavy atom.